The topological polar surface area (TPSA) is 66.7 Å². The summed E-state index contributed by atoms with van der Waals surface area (Å²) in [4.78, 5) is 4.05. The number of ether oxygens (including phenoxy) is 1. The Kier molecular flexibility index (Phi) is 3.76. The number of nitrogens with one attached hydrogen (secondary N) is 1. The van der Waals surface area contributed by atoms with Crippen LogP contribution < -0.4 is 10.2 Å². The number of phenols is 1. The molecular weight excluding hydrogens is 230 g/mol. The van der Waals surface area contributed by atoms with Crippen LogP contribution in [0.15, 0.2) is 47.7 Å². The summed E-state index contributed by atoms with van der Waals surface area (Å²) in [6.45, 7) is 0. The SMILES string of the molecule is COc1ccc(O)c(C=NNc2ccccn2)c1. The summed E-state index contributed by atoms with van der Waals surface area (Å²) in [7, 11) is 1.57. The van der Waals surface area contributed by atoms with E-state index in [1.165, 1.54) is 6.21 Å². The fraction of sp³-hybridized carbons (Fsp3) is 0.0769. The van der Waals surface area contributed by atoms with Crippen molar-refractivity contribution in [3.05, 3.63) is 48.2 Å². The molecule has 2 N–H and O–H groups in total. The van der Waals surface area contributed by atoms with Gasteiger partial charge in [0, 0.05) is 11.8 Å². The lowest BCUT2D eigenvalue weighted by Gasteiger charge is -2.03. The van der Waals surface area contributed by atoms with Gasteiger partial charge in [0.15, 0.2) is 0 Å². The van der Waals surface area contributed by atoms with Crippen LogP contribution in [0.5, 0.6) is 11.5 Å². The number of rotatable bonds is 4. The van der Waals surface area contributed by atoms with Crippen LogP contribution in [0.2, 0.25) is 0 Å². The Morgan fingerprint density at radius 2 is 2.22 bits per heavy atom. The zero-order chi connectivity index (χ0) is 12.8. The standard InChI is InChI=1S/C13H13N3O2/c1-18-11-5-6-12(17)10(8-11)9-15-16-13-4-2-3-7-14-13/h2-9,17H,1H3,(H,14,16). The predicted octanol–water partition coefficient (Wildman–Crippen LogP) is 2.24. The number of methoxy groups -OCH3 is 1. The summed E-state index contributed by atoms with van der Waals surface area (Å²) in [5, 5.41) is 13.6. The Bertz CT molecular complexity index is 541. The molecule has 0 amide bonds. The predicted molar refractivity (Wildman–Crippen MR) is 70.1 cm³/mol. The Balaban J connectivity index is 2.09. The van der Waals surface area contributed by atoms with Crippen molar-refractivity contribution in [2.75, 3.05) is 12.5 Å². The molecule has 92 valence electrons. The van der Waals surface area contributed by atoms with Gasteiger partial charge in [-0.05, 0) is 30.3 Å². The molecule has 18 heavy (non-hydrogen) atoms. The highest BCUT2D eigenvalue weighted by molar-refractivity contribution is 5.84. The fourth-order valence-corrected chi connectivity index (χ4v) is 1.36. The van der Waals surface area contributed by atoms with Crippen molar-refractivity contribution in [3.8, 4) is 11.5 Å². The van der Waals surface area contributed by atoms with E-state index in [4.69, 9.17) is 4.74 Å². The molecule has 0 radical (unpaired) electrons. The molecule has 0 atom stereocenters. The molecule has 0 fully saturated rings. The molecule has 0 aliphatic heterocycles. The van der Waals surface area contributed by atoms with Gasteiger partial charge in [0.1, 0.15) is 17.3 Å². The first kappa shape index (κ1) is 11.9. The summed E-state index contributed by atoms with van der Waals surface area (Å²) in [5.74, 6) is 1.44. The van der Waals surface area contributed by atoms with E-state index in [9.17, 15) is 5.11 Å². The minimum Gasteiger partial charge on any atom is -0.507 e. The van der Waals surface area contributed by atoms with Crippen LogP contribution in [-0.2, 0) is 0 Å². The molecule has 1 aromatic heterocycles. The molecule has 5 heteroatoms. The van der Waals surface area contributed by atoms with Crippen molar-refractivity contribution >= 4 is 12.0 Å². The van der Waals surface area contributed by atoms with Gasteiger partial charge in [0.05, 0.1) is 13.3 Å². The molecule has 0 saturated heterocycles. The minimum atomic E-state index is 0.141. The molecule has 2 rings (SSSR count). The fourth-order valence-electron chi connectivity index (χ4n) is 1.36. The maximum atomic E-state index is 9.64. The molecule has 0 unspecified atom stereocenters. The highest BCUT2D eigenvalue weighted by atomic mass is 16.5. The van der Waals surface area contributed by atoms with Gasteiger partial charge in [-0.25, -0.2) is 4.98 Å². The van der Waals surface area contributed by atoms with E-state index < -0.39 is 0 Å². The Morgan fingerprint density at radius 1 is 1.33 bits per heavy atom. The van der Waals surface area contributed by atoms with E-state index in [1.54, 1.807) is 37.6 Å². The number of pyridine rings is 1. The van der Waals surface area contributed by atoms with Crippen LogP contribution in [0.25, 0.3) is 0 Å². The average molecular weight is 243 g/mol. The zero-order valence-corrected chi connectivity index (χ0v) is 9.87. The van der Waals surface area contributed by atoms with Crippen molar-refractivity contribution in [2.24, 2.45) is 5.10 Å². The number of aromatic hydroxyl groups is 1. The molecule has 2 aromatic rings. The zero-order valence-electron chi connectivity index (χ0n) is 9.87. The van der Waals surface area contributed by atoms with Gasteiger partial charge in [0.2, 0.25) is 0 Å². The number of hydrogen-bond acceptors (Lipinski definition) is 5. The largest absolute Gasteiger partial charge is 0.507 e. The van der Waals surface area contributed by atoms with Gasteiger partial charge in [0.25, 0.3) is 0 Å². The van der Waals surface area contributed by atoms with Gasteiger partial charge >= 0.3 is 0 Å². The normalized spacial score (nSPS) is 10.5. The van der Waals surface area contributed by atoms with Crippen molar-refractivity contribution in [1.29, 1.82) is 0 Å². The van der Waals surface area contributed by atoms with Crippen molar-refractivity contribution in [2.45, 2.75) is 0 Å². The second kappa shape index (κ2) is 5.67. The first-order chi connectivity index (χ1) is 8.79. The maximum Gasteiger partial charge on any atom is 0.146 e. The van der Waals surface area contributed by atoms with E-state index in [-0.39, 0.29) is 5.75 Å². The van der Waals surface area contributed by atoms with Crippen LogP contribution >= 0.6 is 0 Å². The lowest BCUT2D eigenvalue weighted by molar-refractivity contribution is 0.412. The van der Waals surface area contributed by atoms with Crippen LogP contribution in [0.1, 0.15) is 5.56 Å². The van der Waals surface area contributed by atoms with Gasteiger partial charge in [-0.1, -0.05) is 6.07 Å². The monoisotopic (exact) mass is 243 g/mol. The number of phenolic OH excluding ortho intramolecular Hbond substituents is 1. The van der Waals surface area contributed by atoms with Crippen LogP contribution in [0.4, 0.5) is 5.82 Å². The number of benzene rings is 1. The maximum absolute atomic E-state index is 9.64. The third-order valence-electron chi connectivity index (χ3n) is 2.28. The Labute approximate surface area is 105 Å². The third-order valence-corrected chi connectivity index (χ3v) is 2.28. The molecular formula is C13H13N3O2. The highest BCUT2D eigenvalue weighted by Crippen LogP contribution is 2.21. The third kappa shape index (κ3) is 2.98. The first-order valence-corrected chi connectivity index (χ1v) is 5.36. The summed E-state index contributed by atoms with van der Waals surface area (Å²) >= 11 is 0. The first-order valence-electron chi connectivity index (χ1n) is 5.36. The molecule has 0 spiro atoms. The molecule has 0 aliphatic carbocycles. The van der Waals surface area contributed by atoms with Gasteiger partial charge in [-0.3, -0.25) is 5.43 Å². The second-order valence-electron chi connectivity index (χ2n) is 3.51. The van der Waals surface area contributed by atoms with Crippen molar-refractivity contribution in [3.63, 3.8) is 0 Å². The summed E-state index contributed by atoms with van der Waals surface area (Å²) in [6.07, 6.45) is 3.17. The molecule has 1 aromatic carbocycles. The summed E-state index contributed by atoms with van der Waals surface area (Å²) in [6, 6.07) is 10.4. The van der Waals surface area contributed by atoms with Gasteiger partial charge in [-0.15, -0.1) is 0 Å². The number of aromatic nitrogens is 1. The molecule has 0 aliphatic rings. The van der Waals surface area contributed by atoms with E-state index in [2.05, 4.69) is 15.5 Å². The smallest absolute Gasteiger partial charge is 0.146 e. The minimum absolute atomic E-state index is 0.141. The lowest BCUT2D eigenvalue weighted by atomic mass is 10.2. The molecule has 0 saturated carbocycles. The molecule has 5 nitrogen and oxygen atoms in total. The number of nitrogens with zero attached hydrogens (tertiary/aromatic N) is 2. The van der Waals surface area contributed by atoms with Gasteiger partial charge in [-0.2, -0.15) is 5.10 Å². The summed E-state index contributed by atoms with van der Waals surface area (Å²) in [5.41, 5.74) is 3.33. The second-order valence-corrected chi connectivity index (χ2v) is 3.51. The number of hydrogen-bond donors (Lipinski definition) is 2. The van der Waals surface area contributed by atoms with E-state index >= 15 is 0 Å². The van der Waals surface area contributed by atoms with E-state index in [0.717, 1.165) is 0 Å². The summed E-state index contributed by atoms with van der Waals surface area (Å²) < 4.78 is 5.07. The molecule has 0 bridgehead atoms. The van der Waals surface area contributed by atoms with Crippen LogP contribution in [0, 0.1) is 0 Å². The number of anilines is 1. The Hall–Kier alpha value is -2.56. The van der Waals surface area contributed by atoms with Crippen LogP contribution in [0.3, 0.4) is 0 Å². The van der Waals surface area contributed by atoms with Crippen molar-refractivity contribution < 1.29 is 9.84 Å². The van der Waals surface area contributed by atoms with Crippen molar-refractivity contribution in [1.82, 2.24) is 4.98 Å². The van der Waals surface area contributed by atoms with Crippen LogP contribution in [-0.4, -0.2) is 23.4 Å². The quantitative estimate of drug-likeness (QED) is 0.638. The van der Waals surface area contributed by atoms with E-state index in [0.29, 0.717) is 17.1 Å². The Morgan fingerprint density at radius 3 is 2.94 bits per heavy atom. The van der Waals surface area contributed by atoms with E-state index in [1.807, 2.05) is 12.1 Å². The van der Waals surface area contributed by atoms with Gasteiger partial charge < -0.3 is 9.84 Å². The number of hydrazone groups is 1. The lowest BCUT2D eigenvalue weighted by Crippen LogP contribution is -1.93. The molecule has 1 heterocycles. The average Bonchev–Trinajstić information content (AvgIpc) is 2.42. The highest BCUT2D eigenvalue weighted by Gasteiger charge is 2.00.